The molecule has 110 valence electrons. The molecule has 1 aromatic heterocycles. The van der Waals surface area contributed by atoms with Crippen LogP contribution < -0.4 is 10.6 Å². The summed E-state index contributed by atoms with van der Waals surface area (Å²) < 4.78 is 1.98. The number of hydrogen-bond acceptors (Lipinski definition) is 3. The largest absolute Gasteiger partial charge is 0.403 e. The lowest BCUT2D eigenvalue weighted by molar-refractivity contribution is 0.959. The molecule has 4 heteroatoms. The minimum absolute atomic E-state index is 0.766. The van der Waals surface area contributed by atoms with Crippen molar-refractivity contribution in [2.45, 2.75) is 6.54 Å². The molecular weight excluding hydrogens is 272 g/mol. The Kier molecular flexibility index (Phi) is 4.20. The molecule has 2 aromatic carbocycles. The van der Waals surface area contributed by atoms with Gasteiger partial charge in [-0.2, -0.15) is 0 Å². The van der Waals surface area contributed by atoms with Crippen molar-refractivity contribution in [1.82, 2.24) is 9.55 Å². The van der Waals surface area contributed by atoms with Crippen molar-refractivity contribution >= 4 is 5.69 Å². The normalized spacial score (nSPS) is 10.9. The molecule has 0 bridgehead atoms. The zero-order valence-corrected chi connectivity index (χ0v) is 12.2. The second kappa shape index (κ2) is 6.63. The van der Waals surface area contributed by atoms with Crippen LogP contribution in [0.15, 0.2) is 85.7 Å². The Bertz CT molecular complexity index is 733. The quantitative estimate of drug-likeness (QED) is 0.784. The van der Waals surface area contributed by atoms with Gasteiger partial charge in [0.15, 0.2) is 0 Å². The van der Waals surface area contributed by atoms with Crippen LogP contribution in [0.2, 0.25) is 0 Å². The molecule has 0 atom stereocenters. The smallest absolute Gasteiger partial charge is 0.0991 e. The van der Waals surface area contributed by atoms with Gasteiger partial charge in [-0.05, 0) is 23.8 Å². The molecule has 3 rings (SSSR count). The van der Waals surface area contributed by atoms with Crippen LogP contribution in [0.1, 0.15) is 5.56 Å². The molecule has 0 spiro atoms. The van der Waals surface area contributed by atoms with Gasteiger partial charge < -0.3 is 15.2 Å². The van der Waals surface area contributed by atoms with Gasteiger partial charge in [0.25, 0.3) is 0 Å². The third-order valence-corrected chi connectivity index (χ3v) is 3.43. The van der Waals surface area contributed by atoms with Crippen molar-refractivity contribution in [3.63, 3.8) is 0 Å². The highest BCUT2D eigenvalue weighted by atomic mass is 15.1. The molecule has 0 saturated heterocycles. The lowest BCUT2D eigenvalue weighted by atomic mass is 10.2. The standard InChI is InChI=1S/C18H18N4/c19-9-11-21(14-16-5-2-1-3-6-16)17-7-4-8-18(13-17)22-12-10-20-15-22/h1-13,15H,14,19H2/b11-9-. The molecule has 1 heterocycles. The maximum Gasteiger partial charge on any atom is 0.0991 e. The van der Waals surface area contributed by atoms with E-state index in [-0.39, 0.29) is 0 Å². The maximum absolute atomic E-state index is 5.62. The molecule has 0 radical (unpaired) electrons. The van der Waals surface area contributed by atoms with Gasteiger partial charge >= 0.3 is 0 Å². The molecule has 0 amide bonds. The Morgan fingerprint density at radius 2 is 1.95 bits per heavy atom. The number of rotatable bonds is 5. The average molecular weight is 290 g/mol. The predicted molar refractivity (Wildman–Crippen MR) is 89.5 cm³/mol. The molecule has 0 aliphatic heterocycles. The maximum atomic E-state index is 5.62. The summed E-state index contributed by atoms with van der Waals surface area (Å²) in [7, 11) is 0. The summed E-state index contributed by atoms with van der Waals surface area (Å²) in [5.41, 5.74) is 8.99. The minimum atomic E-state index is 0.766. The van der Waals surface area contributed by atoms with E-state index in [9.17, 15) is 0 Å². The third-order valence-electron chi connectivity index (χ3n) is 3.43. The summed E-state index contributed by atoms with van der Waals surface area (Å²) in [6, 6.07) is 18.6. The summed E-state index contributed by atoms with van der Waals surface area (Å²) in [6.45, 7) is 0.766. The molecule has 0 aliphatic carbocycles. The summed E-state index contributed by atoms with van der Waals surface area (Å²) in [5.74, 6) is 0. The van der Waals surface area contributed by atoms with Gasteiger partial charge in [0.2, 0.25) is 0 Å². The number of anilines is 1. The number of imidazole rings is 1. The van der Waals surface area contributed by atoms with E-state index in [0.717, 1.165) is 17.9 Å². The summed E-state index contributed by atoms with van der Waals surface area (Å²) in [5, 5.41) is 0. The first-order chi connectivity index (χ1) is 10.9. The first-order valence-corrected chi connectivity index (χ1v) is 7.14. The fourth-order valence-corrected chi connectivity index (χ4v) is 2.36. The Hall–Kier alpha value is -3.01. The molecule has 0 unspecified atom stereocenters. The van der Waals surface area contributed by atoms with Crippen molar-refractivity contribution in [2.24, 2.45) is 5.73 Å². The molecule has 2 N–H and O–H groups in total. The highest BCUT2D eigenvalue weighted by Gasteiger charge is 2.06. The fourth-order valence-electron chi connectivity index (χ4n) is 2.36. The number of benzene rings is 2. The molecule has 0 aliphatic rings. The summed E-state index contributed by atoms with van der Waals surface area (Å²) in [6.07, 6.45) is 8.94. The molecule has 0 fully saturated rings. The van der Waals surface area contributed by atoms with Crippen LogP contribution in [0.4, 0.5) is 5.69 Å². The van der Waals surface area contributed by atoms with E-state index < -0.39 is 0 Å². The van der Waals surface area contributed by atoms with Gasteiger partial charge in [0.05, 0.1) is 6.33 Å². The van der Waals surface area contributed by atoms with E-state index in [2.05, 4.69) is 40.2 Å². The van der Waals surface area contributed by atoms with Crippen molar-refractivity contribution in [1.29, 1.82) is 0 Å². The minimum Gasteiger partial charge on any atom is -0.403 e. The Morgan fingerprint density at radius 3 is 2.68 bits per heavy atom. The summed E-state index contributed by atoms with van der Waals surface area (Å²) >= 11 is 0. The van der Waals surface area contributed by atoms with E-state index in [1.165, 1.54) is 5.56 Å². The molecule has 4 nitrogen and oxygen atoms in total. The lowest BCUT2D eigenvalue weighted by Crippen LogP contribution is -2.16. The Labute approximate surface area is 130 Å². The van der Waals surface area contributed by atoms with Crippen LogP contribution >= 0.6 is 0 Å². The first kappa shape index (κ1) is 13.9. The van der Waals surface area contributed by atoms with Crippen LogP contribution in [0.3, 0.4) is 0 Å². The van der Waals surface area contributed by atoms with Crippen LogP contribution in [0.25, 0.3) is 5.69 Å². The Balaban J connectivity index is 1.90. The van der Waals surface area contributed by atoms with Gasteiger partial charge in [-0.1, -0.05) is 36.4 Å². The SMILES string of the molecule is N/C=C\N(Cc1ccccc1)c1cccc(-n2ccnc2)c1. The molecular formula is C18H18N4. The second-order valence-electron chi connectivity index (χ2n) is 4.94. The van der Waals surface area contributed by atoms with Crippen molar-refractivity contribution in [2.75, 3.05) is 4.90 Å². The summed E-state index contributed by atoms with van der Waals surface area (Å²) in [4.78, 5) is 6.21. The van der Waals surface area contributed by atoms with Crippen LogP contribution in [-0.2, 0) is 6.54 Å². The molecule has 3 aromatic rings. The number of nitrogens with two attached hydrogens (primary N) is 1. The van der Waals surface area contributed by atoms with Gasteiger partial charge in [0.1, 0.15) is 0 Å². The second-order valence-corrected chi connectivity index (χ2v) is 4.94. The number of aromatic nitrogens is 2. The van der Waals surface area contributed by atoms with Gasteiger partial charge in [-0.25, -0.2) is 4.98 Å². The van der Waals surface area contributed by atoms with E-state index in [1.807, 2.05) is 41.2 Å². The highest BCUT2D eigenvalue weighted by molar-refractivity contribution is 5.55. The van der Waals surface area contributed by atoms with Crippen LogP contribution in [0.5, 0.6) is 0 Å². The third kappa shape index (κ3) is 3.17. The lowest BCUT2D eigenvalue weighted by Gasteiger charge is -2.21. The topological polar surface area (TPSA) is 47.1 Å². The Morgan fingerprint density at radius 1 is 1.09 bits per heavy atom. The predicted octanol–water partition coefficient (Wildman–Crippen LogP) is 3.31. The number of hydrogen-bond donors (Lipinski definition) is 1. The zero-order valence-electron chi connectivity index (χ0n) is 12.2. The van der Waals surface area contributed by atoms with Gasteiger partial charge in [-0.15, -0.1) is 0 Å². The molecule has 0 saturated carbocycles. The van der Waals surface area contributed by atoms with E-state index >= 15 is 0 Å². The van der Waals surface area contributed by atoms with E-state index in [4.69, 9.17) is 5.73 Å². The van der Waals surface area contributed by atoms with Crippen LogP contribution in [-0.4, -0.2) is 9.55 Å². The van der Waals surface area contributed by atoms with E-state index in [1.54, 1.807) is 18.7 Å². The van der Waals surface area contributed by atoms with Crippen LogP contribution in [0, 0.1) is 0 Å². The highest BCUT2D eigenvalue weighted by Crippen LogP contribution is 2.21. The first-order valence-electron chi connectivity index (χ1n) is 7.14. The average Bonchev–Trinajstić information content (AvgIpc) is 3.10. The molecule has 22 heavy (non-hydrogen) atoms. The van der Waals surface area contributed by atoms with Crippen molar-refractivity contribution in [3.05, 3.63) is 91.3 Å². The monoisotopic (exact) mass is 290 g/mol. The zero-order chi connectivity index (χ0) is 15.2. The van der Waals surface area contributed by atoms with Crippen molar-refractivity contribution in [3.8, 4) is 5.69 Å². The number of nitrogens with zero attached hydrogens (tertiary/aromatic N) is 3. The fraction of sp³-hybridized carbons (Fsp3) is 0.0556. The van der Waals surface area contributed by atoms with Gasteiger partial charge in [0, 0.05) is 42.7 Å². The van der Waals surface area contributed by atoms with E-state index in [0.29, 0.717) is 0 Å². The van der Waals surface area contributed by atoms with Crippen molar-refractivity contribution < 1.29 is 0 Å². The van der Waals surface area contributed by atoms with Gasteiger partial charge in [-0.3, -0.25) is 0 Å².